The first-order chi connectivity index (χ1) is 11.3. The third-order valence-electron chi connectivity index (χ3n) is 4.61. The van der Waals surface area contributed by atoms with Crippen LogP contribution in [-0.4, -0.2) is 24.6 Å². The second-order valence-corrected chi connectivity index (χ2v) is 6.05. The van der Waals surface area contributed by atoms with Crippen molar-refractivity contribution >= 4 is 5.52 Å². The first kappa shape index (κ1) is 14.1. The summed E-state index contributed by atoms with van der Waals surface area (Å²) in [7, 11) is 0. The molecule has 0 aliphatic heterocycles. The van der Waals surface area contributed by atoms with Crippen LogP contribution in [0, 0.1) is 0 Å². The number of imidazole rings is 1. The lowest BCUT2D eigenvalue weighted by Crippen LogP contribution is -2.16. The van der Waals surface area contributed by atoms with Crippen LogP contribution in [0.25, 0.3) is 16.9 Å². The molecule has 6 heteroatoms. The Hall–Kier alpha value is -2.50. The highest BCUT2D eigenvalue weighted by molar-refractivity contribution is 5.57. The van der Waals surface area contributed by atoms with E-state index in [0.29, 0.717) is 17.3 Å². The van der Waals surface area contributed by atoms with Gasteiger partial charge in [-0.15, -0.1) is 5.10 Å². The third kappa shape index (κ3) is 2.34. The fourth-order valence-corrected chi connectivity index (χ4v) is 3.43. The number of nitrogens with one attached hydrogen (secondary N) is 1. The summed E-state index contributed by atoms with van der Waals surface area (Å²) in [6.45, 7) is 2.02. The zero-order valence-corrected chi connectivity index (χ0v) is 13.1. The number of hydrogen-bond acceptors (Lipinski definition) is 4. The fourth-order valence-electron chi connectivity index (χ4n) is 3.43. The summed E-state index contributed by atoms with van der Waals surface area (Å²) in [4.78, 5) is 24.3. The summed E-state index contributed by atoms with van der Waals surface area (Å²) in [6, 6.07) is 3.69. The maximum Gasteiger partial charge on any atom is 0.277 e. The largest absolute Gasteiger partial charge is 0.303 e. The van der Waals surface area contributed by atoms with E-state index < -0.39 is 0 Å². The number of pyridine rings is 1. The van der Waals surface area contributed by atoms with Gasteiger partial charge in [0.15, 0.2) is 11.3 Å². The van der Waals surface area contributed by atoms with Gasteiger partial charge < -0.3 is 4.98 Å². The van der Waals surface area contributed by atoms with Crippen LogP contribution >= 0.6 is 0 Å². The third-order valence-corrected chi connectivity index (χ3v) is 4.61. The van der Waals surface area contributed by atoms with Gasteiger partial charge in [-0.25, -0.2) is 9.50 Å². The van der Waals surface area contributed by atoms with Gasteiger partial charge in [-0.1, -0.05) is 19.8 Å². The number of aryl methyl sites for hydroxylation is 1. The van der Waals surface area contributed by atoms with Gasteiger partial charge in [0.2, 0.25) is 0 Å². The molecule has 0 saturated heterocycles. The first-order valence-electron chi connectivity index (χ1n) is 8.20. The first-order valence-corrected chi connectivity index (χ1v) is 8.20. The summed E-state index contributed by atoms with van der Waals surface area (Å²) >= 11 is 0. The Kier molecular flexibility index (Phi) is 3.44. The van der Waals surface area contributed by atoms with Gasteiger partial charge in [0, 0.05) is 23.9 Å². The van der Waals surface area contributed by atoms with Gasteiger partial charge in [-0.2, -0.15) is 0 Å². The number of aromatic nitrogens is 5. The summed E-state index contributed by atoms with van der Waals surface area (Å²) in [5, 5.41) is 4.69. The topological polar surface area (TPSA) is 75.9 Å². The summed E-state index contributed by atoms with van der Waals surface area (Å²) in [5.74, 6) is 1.90. The second kappa shape index (κ2) is 5.61. The minimum absolute atomic E-state index is 0.125. The highest BCUT2D eigenvalue weighted by Crippen LogP contribution is 2.33. The molecule has 0 amide bonds. The highest BCUT2D eigenvalue weighted by Gasteiger charge is 2.25. The monoisotopic (exact) mass is 309 g/mol. The minimum Gasteiger partial charge on any atom is -0.303 e. The van der Waals surface area contributed by atoms with Gasteiger partial charge in [0.25, 0.3) is 5.56 Å². The molecule has 1 aliphatic carbocycles. The standard InChI is InChI=1S/C17H19N5O/c1-2-13-14-17(23)20-15(11-7-9-18-10-8-11)21-22(14)16(19-13)12-5-3-4-6-12/h7-10,12H,2-6H2,1H3,(H,20,21,23). The number of H-pyrrole nitrogens is 1. The Labute approximate surface area is 133 Å². The van der Waals surface area contributed by atoms with Crippen molar-refractivity contribution in [2.75, 3.05) is 0 Å². The molecule has 3 aromatic rings. The molecule has 0 spiro atoms. The van der Waals surface area contributed by atoms with Crippen molar-refractivity contribution in [3.63, 3.8) is 0 Å². The molecule has 0 atom stereocenters. The SMILES string of the molecule is CCc1nc(C2CCCC2)n2nc(-c3ccncc3)[nH]c(=O)c12. The van der Waals surface area contributed by atoms with Crippen LogP contribution in [0.3, 0.4) is 0 Å². The molecule has 1 N–H and O–H groups in total. The van der Waals surface area contributed by atoms with E-state index in [0.717, 1.165) is 36.3 Å². The van der Waals surface area contributed by atoms with Crippen LogP contribution in [0.1, 0.15) is 50.0 Å². The van der Waals surface area contributed by atoms with Crippen LogP contribution < -0.4 is 5.56 Å². The maximum atomic E-state index is 12.6. The van der Waals surface area contributed by atoms with E-state index in [4.69, 9.17) is 10.1 Å². The van der Waals surface area contributed by atoms with E-state index in [1.165, 1.54) is 12.8 Å². The van der Waals surface area contributed by atoms with E-state index in [9.17, 15) is 4.79 Å². The Morgan fingerprint density at radius 2 is 2.00 bits per heavy atom. The van der Waals surface area contributed by atoms with Crippen LogP contribution in [0.5, 0.6) is 0 Å². The van der Waals surface area contributed by atoms with E-state index >= 15 is 0 Å². The molecule has 23 heavy (non-hydrogen) atoms. The van der Waals surface area contributed by atoms with Gasteiger partial charge in [0.05, 0.1) is 5.69 Å². The lowest BCUT2D eigenvalue weighted by atomic mass is 10.1. The van der Waals surface area contributed by atoms with Crippen molar-refractivity contribution in [1.29, 1.82) is 0 Å². The number of nitrogens with zero attached hydrogens (tertiary/aromatic N) is 4. The molecule has 1 aliphatic rings. The predicted molar refractivity (Wildman–Crippen MR) is 87.4 cm³/mol. The summed E-state index contributed by atoms with van der Waals surface area (Å²) < 4.78 is 1.78. The molecule has 4 rings (SSSR count). The molecule has 0 radical (unpaired) electrons. The lowest BCUT2D eigenvalue weighted by Gasteiger charge is -2.08. The Morgan fingerprint density at radius 3 is 2.70 bits per heavy atom. The van der Waals surface area contributed by atoms with Crippen molar-refractivity contribution in [2.24, 2.45) is 0 Å². The smallest absolute Gasteiger partial charge is 0.277 e. The average molecular weight is 309 g/mol. The molecule has 3 aromatic heterocycles. The van der Waals surface area contributed by atoms with Crippen molar-refractivity contribution in [1.82, 2.24) is 24.6 Å². The molecule has 118 valence electrons. The average Bonchev–Trinajstić information content (AvgIpc) is 3.22. The van der Waals surface area contributed by atoms with Crippen LogP contribution in [0.15, 0.2) is 29.3 Å². The molecule has 0 unspecified atom stereocenters. The van der Waals surface area contributed by atoms with Crippen molar-refractivity contribution in [3.8, 4) is 11.4 Å². The van der Waals surface area contributed by atoms with Crippen LogP contribution in [-0.2, 0) is 6.42 Å². The minimum atomic E-state index is -0.125. The van der Waals surface area contributed by atoms with Gasteiger partial charge in [-0.05, 0) is 31.4 Å². The van der Waals surface area contributed by atoms with E-state index in [-0.39, 0.29) is 5.56 Å². The number of aromatic amines is 1. The maximum absolute atomic E-state index is 12.6. The molecule has 1 fully saturated rings. The molecule has 0 bridgehead atoms. The molecule has 3 heterocycles. The second-order valence-electron chi connectivity index (χ2n) is 6.05. The molecule has 0 aromatic carbocycles. The Balaban J connectivity index is 1.96. The fraction of sp³-hybridized carbons (Fsp3) is 0.412. The number of fused-ring (bicyclic) bond motifs is 1. The van der Waals surface area contributed by atoms with E-state index in [1.807, 2.05) is 19.1 Å². The van der Waals surface area contributed by atoms with Crippen molar-refractivity contribution in [3.05, 3.63) is 46.4 Å². The predicted octanol–water partition coefficient (Wildman–Crippen LogP) is 2.70. The molecular formula is C17H19N5O. The summed E-state index contributed by atoms with van der Waals surface area (Å²) in [5.41, 5.74) is 2.15. The van der Waals surface area contributed by atoms with Crippen molar-refractivity contribution in [2.45, 2.75) is 44.9 Å². The Bertz CT molecular complexity index is 890. The number of hydrogen-bond donors (Lipinski definition) is 1. The van der Waals surface area contributed by atoms with E-state index in [2.05, 4.69) is 9.97 Å². The number of rotatable bonds is 3. The van der Waals surface area contributed by atoms with Crippen LogP contribution in [0.2, 0.25) is 0 Å². The van der Waals surface area contributed by atoms with Crippen LogP contribution in [0.4, 0.5) is 0 Å². The zero-order chi connectivity index (χ0) is 15.8. The van der Waals surface area contributed by atoms with Gasteiger partial charge >= 0.3 is 0 Å². The molecular weight excluding hydrogens is 290 g/mol. The Morgan fingerprint density at radius 1 is 1.26 bits per heavy atom. The van der Waals surface area contributed by atoms with Gasteiger partial charge in [-0.3, -0.25) is 9.78 Å². The normalized spacial score (nSPS) is 15.5. The summed E-state index contributed by atoms with van der Waals surface area (Å²) in [6.07, 6.45) is 8.83. The van der Waals surface area contributed by atoms with Gasteiger partial charge in [0.1, 0.15) is 5.82 Å². The zero-order valence-electron chi connectivity index (χ0n) is 13.1. The van der Waals surface area contributed by atoms with E-state index in [1.54, 1.807) is 16.9 Å². The quantitative estimate of drug-likeness (QED) is 0.807. The van der Waals surface area contributed by atoms with Crippen molar-refractivity contribution < 1.29 is 0 Å². The molecule has 1 saturated carbocycles. The highest BCUT2D eigenvalue weighted by atomic mass is 16.1. The lowest BCUT2D eigenvalue weighted by molar-refractivity contribution is 0.639. The molecule has 6 nitrogen and oxygen atoms in total.